The molecule has 1 atom stereocenters. The van der Waals surface area contributed by atoms with Crippen molar-refractivity contribution < 1.29 is 17.9 Å². The van der Waals surface area contributed by atoms with Gasteiger partial charge >= 0.3 is 6.36 Å². The van der Waals surface area contributed by atoms with Gasteiger partial charge in [-0.2, -0.15) is 0 Å². The molecule has 1 unspecified atom stereocenters. The van der Waals surface area contributed by atoms with E-state index < -0.39 is 12.1 Å². The van der Waals surface area contributed by atoms with Crippen LogP contribution in [0.3, 0.4) is 0 Å². The molecule has 0 saturated carbocycles. The molecule has 1 N–H and O–H groups in total. The van der Waals surface area contributed by atoms with Gasteiger partial charge in [-0.25, -0.2) is 0 Å². The molecule has 2 rings (SSSR count). The molecule has 6 heteroatoms. The molecule has 0 aromatic heterocycles. The van der Waals surface area contributed by atoms with Crippen LogP contribution in [0.1, 0.15) is 6.42 Å². The third-order valence-corrected chi connectivity index (χ3v) is 2.96. The van der Waals surface area contributed by atoms with Crippen LogP contribution in [-0.2, 0) is 4.74 Å². The fraction of sp³-hybridized carbons (Fsp3) is 0.636. The summed E-state index contributed by atoms with van der Waals surface area (Å²) in [7, 11) is 0. The average molecular weight is 248 g/mol. The highest BCUT2D eigenvalue weighted by molar-refractivity contribution is 5.18. The van der Waals surface area contributed by atoms with E-state index in [2.05, 4.69) is 10.1 Å². The standard InChI is InChI=1S/C11H15F3N2O/c12-11(13,14)17-10(4-2-1-3-5-10)16-8-6-15-7-9-16/h1-4,15H,5-9H2. The molecule has 1 aliphatic carbocycles. The fourth-order valence-electron chi connectivity index (χ4n) is 2.21. The summed E-state index contributed by atoms with van der Waals surface area (Å²) in [5.41, 5.74) is -1.37. The summed E-state index contributed by atoms with van der Waals surface area (Å²) in [6, 6.07) is 0. The Morgan fingerprint density at radius 2 is 1.88 bits per heavy atom. The van der Waals surface area contributed by atoms with Gasteiger partial charge < -0.3 is 5.32 Å². The first-order chi connectivity index (χ1) is 8.02. The van der Waals surface area contributed by atoms with Gasteiger partial charge in [-0.05, 0) is 6.08 Å². The smallest absolute Gasteiger partial charge is 0.314 e. The number of alkyl halides is 3. The SMILES string of the molecule is FC(F)(F)OC1(N2CCNCC2)C=CC=CC1. The quantitative estimate of drug-likeness (QED) is 0.804. The number of allylic oxidation sites excluding steroid dienone is 2. The Bertz CT molecular complexity index is 321. The molecule has 17 heavy (non-hydrogen) atoms. The highest BCUT2D eigenvalue weighted by Crippen LogP contribution is 2.34. The lowest BCUT2D eigenvalue weighted by Gasteiger charge is -2.44. The van der Waals surface area contributed by atoms with Crippen LogP contribution in [-0.4, -0.2) is 43.2 Å². The molecule has 1 aliphatic heterocycles. The van der Waals surface area contributed by atoms with Gasteiger partial charge in [0.15, 0.2) is 5.72 Å². The minimum Gasteiger partial charge on any atom is -0.314 e. The molecule has 0 spiro atoms. The van der Waals surface area contributed by atoms with Crippen LogP contribution in [0.5, 0.6) is 0 Å². The molecule has 0 aromatic carbocycles. The third kappa shape index (κ3) is 3.08. The Hall–Kier alpha value is -0.850. The first-order valence-electron chi connectivity index (χ1n) is 5.59. The van der Waals surface area contributed by atoms with Crippen molar-refractivity contribution in [3.8, 4) is 0 Å². The van der Waals surface area contributed by atoms with Crippen LogP contribution in [0, 0.1) is 0 Å². The lowest BCUT2D eigenvalue weighted by atomic mass is 10.0. The maximum Gasteiger partial charge on any atom is 0.524 e. The Labute approximate surface area is 97.9 Å². The van der Waals surface area contributed by atoms with Crippen LogP contribution in [0.25, 0.3) is 0 Å². The summed E-state index contributed by atoms with van der Waals surface area (Å²) in [5.74, 6) is 0. The van der Waals surface area contributed by atoms with Crippen molar-refractivity contribution in [1.82, 2.24) is 10.2 Å². The second kappa shape index (κ2) is 4.80. The van der Waals surface area contributed by atoms with Gasteiger partial charge in [0.05, 0.1) is 0 Å². The number of hydrogen-bond acceptors (Lipinski definition) is 3. The van der Waals surface area contributed by atoms with Gasteiger partial charge in [0.1, 0.15) is 0 Å². The lowest BCUT2D eigenvalue weighted by molar-refractivity contribution is -0.380. The summed E-state index contributed by atoms with van der Waals surface area (Å²) in [4.78, 5) is 1.73. The zero-order valence-electron chi connectivity index (χ0n) is 9.33. The second-order valence-corrected chi connectivity index (χ2v) is 4.12. The molecular formula is C11H15F3N2O. The van der Waals surface area contributed by atoms with Crippen molar-refractivity contribution in [2.45, 2.75) is 18.5 Å². The van der Waals surface area contributed by atoms with Crippen molar-refractivity contribution in [3.63, 3.8) is 0 Å². The lowest BCUT2D eigenvalue weighted by Crippen LogP contribution is -2.58. The van der Waals surface area contributed by atoms with E-state index in [1.54, 1.807) is 23.1 Å². The fourth-order valence-corrected chi connectivity index (χ4v) is 2.21. The first-order valence-corrected chi connectivity index (χ1v) is 5.59. The molecule has 1 fully saturated rings. The van der Waals surface area contributed by atoms with E-state index in [0.29, 0.717) is 26.2 Å². The second-order valence-electron chi connectivity index (χ2n) is 4.12. The van der Waals surface area contributed by atoms with E-state index in [4.69, 9.17) is 0 Å². The molecular weight excluding hydrogens is 233 g/mol. The number of piperazine rings is 1. The number of nitrogens with one attached hydrogen (secondary N) is 1. The van der Waals surface area contributed by atoms with E-state index in [9.17, 15) is 13.2 Å². The van der Waals surface area contributed by atoms with Crippen LogP contribution < -0.4 is 5.32 Å². The predicted octanol–water partition coefficient (Wildman–Crippen LogP) is 1.64. The Morgan fingerprint density at radius 1 is 1.18 bits per heavy atom. The highest BCUT2D eigenvalue weighted by atomic mass is 19.4. The Kier molecular flexibility index (Phi) is 3.56. The molecule has 3 nitrogen and oxygen atoms in total. The monoisotopic (exact) mass is 248 g/mol. The molecule has 0 bridgehead atoms. The molecule has 0 aromatic rings. The number of hydrogen-bond donors (Lipinski definition) is 1. The minimum atomic E-state index is -4.62. The summed E-state index contributed by atoms with van der Waals surface area (Å²) in [6.45, 7) is 2.46. The maximum absolute atomic E-state index is 12.5. The highest BCUT2D eigenvalue weighted by Gasteiger charge is 2.45. The van der Waals surface area contributed by atoms with Gasteiger partial charge in [-0.3, -0.25) is 9.64 Å². The largest absolute Gasteiger partial charge is 0.524 e. The molecule has 2 aliphatic rings. The normalized spacial score (nSPS) is 30.8. The van der Waals surface area contributed by atoms with Crippen LogP contribution in [0.15, 0.2) is 24.3 Å². The zero-order valence-corrected chi connectivity index (χ0v) is 9.33. The van der Waals surface area contributed by atoms with Gasteiger partial charge in [-0.15, -0.1) is 13.2 Å². The molecule has 0 amide bonds. The first kappa shape index (κ1) is 12.6. The van der Waals surface area contributed by atoms with Crippen molar-refractivity contribution in [2.24, 2.45) is 0 Å². The van der Waals surface area contributed by atoms with Gasteiger partial charge in [0.2, 0.25) is 0 Å². The molecule has 0 radical (unpaired) electrons. The van der Waals surface area contributed by atoms with Gasteiger partial charge in [0.25, 0.3) is 0 Å². The zero-order chi connectivity index (χ0) is 12.4. The van der Waals surface area contributed by atoms with Crippen molar-refractivity contribution >= 4 is 0 Å². The van der Waals surface area contributed by atoms with Crippen LogP contribution in [0.4, 0.5) is 13.2 Å². The topological polar surface area (TPSA) is 24.5 Å². The van der Waals surface area contributed by atoms with E-state index in [0.717, 1.165) is 0 Å². The van der Waals surface area contributed by atoms with Crippen molar-refractivity contribution in [2.75, 3.05) is 26.2 Å². The van der Waals surface area contributed by atoms with E-state index >= 15 is 0 Å². The van der Waals surface area contributed by atoms with Crippen LogP contribution >= 0.6 is 0 Å². The predicted molar refractivity (Wildman–Crippen MR) is 57.2 cm³/mol. The average Bonchev–Trinajstić information content (AvgIpc) is 2.29. The van der Waals surface area contributed by atoms with E-state index in [-0.39, 0.29) is 6.42 Å². The summed E-state index contributed by atoms with van der Waals surface area (Å²) in [5, 5.41) is 3.11. The number of nitrogens with zero attached hydrogens (tertiary/aromatic N) is 1. The van der Waals surface area contributed by atoms with Crippen molar-refractivity contribution in [3.05, 3.63) is 24.3 Å². The molecule has 96 valence electrons. The van der Waals surface area contributed by atoms with Crippen LogP contribution in [0.2, 0.25) is 0 Å². The van der Waals surface area contributed by atoms with Gasteiger partial charge in [-0.1, -0.05) is 18.2 Å². The van der Waals surface area contributed by atoms with E-state index in [1.807, 2.05) is 0 Å². The number of halogens is 3. The number of rotatable bonds is 2. The summed E-state index contributed by atoms with van der Waals surface area (Å²) < 4.78 is 41.9. The molecule has 1 saturated heterocycles. The van der Waals surface area contributed by atoms with E-state index in [1.165, 1.54) is 6.08 Å². The Balaban J connectivity index is 2.17. The number of ether oxygens (including phenoxy) is 1. The summed E-state index contributed by atoms with van der Waals surface area (Å²) >= 11 is 0. The summed E-state index contributed by atoms with van der Waals surface area (Å²) in [6.07, 6.45) is 2.14. The Morgan fingerprint density at radius 3 is 2.41 bits per heavy atom. The van der Waals surface area contributed by atoms with Gasteiger partial charge in [0, 0.05) is 32.6 Å². The minimum absolute atomic E-state index is 0.225. The van der Waals surface area contributed by atoms with Crippen molar-refractivity contribution in [1.29, 1.82) is 0 Å². The third-order valence-electron chi connectivity index (χ3n) is 2.96. The molecule has 1 heterocycles. The maximum atomic E-state index is 12.5.